The zero-order valence-corrected chi connectivity index (χ0v) is 11.2. The summed E-state index contributed by atoms with van der Waals surface area (Å²) < 4.78 is 5.38. The summed E-state index contributed by atoms with van der Waals surface area (Å²) in [6.45, 7) is 7.44. The second-order valence-corrected chi connectivity index (χ2v) is 6.46. The predicted octanol–water partition coefficient (Wildman–Crippen LogP) is 2.56. The van der Waals surface area contributed by atoms with Crippen LogP contribution in [0.5, 0.6) is 0 Å². The highest BCUT2D eigenvalue weighted by molar-refractivity contribution is 7.80. The normalized spacial score (nSPS) is 33.2. The lowest BCUT2D eigenvalue weighted by atomic mass is 10.0. The Bertz CT molecular complexity index is 300. The molecule has 0 radical (unpaired) electrons. The largest absolute Gasteiger partial charge is 0.444 e. The zero-order valence-electron chi connectivity index (χ0n) is 10.3. The Labute approximate surface area is 103 Å². The Morgan fingerprint density at radius 3 is 2.75 bits per heavy atom. The van der Waals surface area contributed by atoms with E-state index in [1.807, 2.05) is 25.7 Å². The molecule has 0 bridgehead atoms. The van der Waals surface area contributed by atoms with Gasteiger partial charge in [-0.15, -0.1) is 0 Å². The van der Waals surface area contributed by atoms with Crippen molar-refractivity contribution in [3.05, 3.63) is 0 Å². The van der Waals surface area contributed by atoms with Crippen LogP contribution in [0.3, 0.4) is 0 Å². The highest BCUT2D eigenvalue weighted by Crippen LogP contribution is 2.58. The van der Waals surface area contributed by atoms with E-state index in [-0.39, 0.29) is 11.7 Å². The van der Waals surface area contributed by atoms with Crippen molar-refractivity contribution in [2.75, 3.05) is 18.8 Å². The molecule has 1 spiro atoms. The van der Waals surface area contributed by atoms with Crippen molar-refractivity contribution in [1.29, 1.82) is 0 Å². The molecule has 2 fully saturated rings. The molecule has 4 heteroatoms. The number of thiol groups is 1. The number of rotatable bonds is 1. The van der Waals surface area contributed by atoms with Crippen LogP contribution in [-0.2, 0) is 4.74 Å². The number of carbonyl (C=O) groups excluding carboxylic acids is 1. The van der Waals surface area contributed by atoms with Crippen molar-refractivity contribution >= 4 is 18.7 Å². The van der Waals surface area contributed by atoms with Crippen molar-refractivity contribution in [2.45, 2.75) is 39.2 Å². The van der Waals surface area contributed by atoms with E-state index in [0.717, 1.165) is 25.3 Å². The van der Waals surface area contributed by atoms with Gasteiger partial charge in [0.25, 0.3) is 0 Å². The van der Waals surface area contributed by atoms with Crippen molar-refractivity contribution < 1.29 is 9.53 Å². The first kappa shape index (κ1) is 12.1. The predicted molar refractivity (Wildman–Crippen MR) is 66.8 cm³/mol. The minimum absolute atomic E-state index is 0.158. The lowest BCUT2D eigenvalue weighted by Gasteiger charge is -2.24. The summed E-state index contributed by atoms with van der Waals surface area (Å²) in [6.07, 6.45) is 2.20. The summed E-state index contributed by atoms with van der Waals surface area (Å²) in [5.74, 6) is 1.66. The van der Waals surface area contributed by atoms with Gasteiger partial charge in [-0.2, -0.15) is 12.6 Å². The van der Waals surface area contributed by atoms with Gasteiger partial charge in [0.2, 0.25) is 0 Å². The molecule has 3 nitrogen and oxygen atoms in total. The molecule has 1 aliphatic carbocycles. The number of amides is 1. The Hall–Kier alpha value is -0.380. The van der Waals surface area contributed by atoms with Crippen LogP contribution in [0.2, 0.25) is 0 Å². The molecule has 0 aromatic rings. The van der Waals surface area contributed by atoms with E-state index >= 15 is 0 Å². The summed E-state index contributed by atoms with van der Waals surface area (Å²) in [5, 5.41) is 0. The molecule has 1 heterocycles. The van der Waals surface area contributed by atoms with E-state index in [9.17, 15) is 4.79 Å². The lowest BCUT2D eigenvalue weighted by Crippen LogP contribution is -2.35. The second kappa shape index (κ2) is 3.83. The van der Waals surface area contributed by atoms with Crippen LogP contribution in [-0.4, -0.2) is 35.4 Å². The molecular formula is C12H21NO2S. The minimum atomic E-state index is -0.390. The molecule has 1 saturated heterocycles. The number of hydrogen-bond donors (Lipinski definition) is 1. The summed E-state index contributed by atoms with van der Waals surface area (Å²) >= 11 is 4.34. The van der Waals surface area contributed by atoms with E-state index in [1.165, 1.54) is 6.42 Å². The Kier molecular flexibility index (Phi) is 2.89. The van der Waals surface area contributed by atoms with E-state index < -0.39 is 0 Å². The van der Waals surface area contributed by atoms with Crippen LogP contribution in [0.15, 0.2) is 0 Å². The Morgan fingerprint density at radius 2 is 2.25 bits per heavy atom. The highest BCUT2D eigenvalue weighted by atomic mass is 32.1. The smallest absolute Gasteiger partial charge is 0.410 e. The van der Waals surface area contributed by atoms with Gasteiger partial charge in [0.05, 0.1) is 0 Å². The van der Waals surface area contributed by atoms with Gasteiger partial charge in [-0.1, -0.05) is 0 Å². The van der Waals surface area contributed by atoms with Crippen LogP contribution in [0.25, 0.3) is 0 Å². The lowest BCUT2D eigenvalue weighted by molar-refractivity contribution is 0.0284. The van der Waals surface area contributed by atoms with E-state index in [1.54, 1.807) is 0 Å². The summed E-state index contributed by atoms with van der Waals surface area (Å²) in [5.41, 5.74) is -0.00199. The van der Waals surface area contributed by atoms with Gasteiger partial charge in [0, 0.05) is 13.1 Å². The minimum Gasteiger partial charge on any atom is -0.444 e. The standard InChI is InChI=1S/C12H21NO2S/c1-11(2,3)15-10(14)13-5-4-12(8-13)6-9(12)7-16/h9,16H,4-8H2,1-3H3. The fourth-order valence-corrected chi connectivity index (χ4v) is 3.08. The summed E-state index contributed by atoms with van der Waals surface area (Å²) in [6, 6.07) is 0. The molecule has 2 aliphatic rings. The maximum atomic E-state index is 11.9. The molecule has 92 valence electrons. The van der Waals surface area contributed by atoms with E-state index in [0.29, 0.717) is 11.3 Å². The van der Waals surface area contributed by atoms with Gasteiger partial charge in [-0.25, -0.2) is 4.79 Å². The van der Waals surface area contributed by atoms with Crippen LogP contribution in [0, 0.1) is 11.3 Å². The fourth-order valence-electron chi connectivity index (χ4n) is 2.57. The van der Waals surface area contributed by atoms with Crippen LogP contribution >= 0.6 is 12.6 Å². The fraction of sp³-hybridized carbons (Fsp3) is 0.917. The molecule has 0 aromatic carbocycles. The maximum absolute atomic E-state index is 11.9. The average Bonchev–Trinajstić information content (AvgIpc) is 2.62. The van der Waals surface area contributed by atoms with Gasteiger partial charge < -0.3 is 9.64 Å². The monoisotopic (exact) mass is 243 g/mol. The highest BCUT2D eigenvalue weighted by Gasteiger charge is 2.57. The number of ether oxygens (including phenoxy) is 1. The topological polar surface area (TPSA) is 29.5 Å². The zero-order chi connectivity index (χ0) is 12.0. The Balaban J connectivity index is 1.88. The van der Waals surface area contributed by atoms with E-state index in [4.69, 9.17) is 4.74 Å². The number of carbonyl (C=O) groups is 1. The average molecular weight is 243 g/mol. The third-order valence-electron chi connectivity index (χ3n) is 3.62. The summed E-state index contributed by atoms with van der Waals surface area (Å²) in [7, 11) is 0. The van der Waals surface area contributed by atoms with E-state index in [2.05, 4.69) is 12.6 Å². The van der Waals surface area contributed by atoms with Gasteiger partial charge in [-0.3, -0.25) is 0 Å². The van der Waals surface area contributed by atoms with Crippen LogP contribution in [0.1, 0.15) is 33.6 Å². The molecule has 0 aromatic heterocycles. The van der Waals surface area contributed by atoms with Crippen LogP contribution in [0.4, 0.5) is 4.79 Å². The first-order valence-electron chi connectivity index (χ1n) is 5.95. The molecule has 1 aliphatic heterocycles. The molecule has 2 atom stereocenters. The summed E-state index contributed by atoms with van der Waals surface area (Å²) in [4.78, 5) is 13.7. The SMILES string of the molecule is CC(C)(C)OC(=O)N1CCC2(CC2CS)C1. The molecule has 2 rings (SSSR count). The van der Waals surface area contributed by atoms with Crippen LogP contribution < -0.4 is 0 Å². The third kappa shape index (κ3) is 2.31. The van der Waals surface area contributed by atoms with Gasteiger partial charge in [0.1, 0.15) is 5.60 Å². The Morgan fingerprint density at radius 1 is 1.56 bits per heavy atom. The first-order valence-corrected chi connectivity index (χ1v) is 6.58. The first-order chi connectivity index (χ1) is 7.36. The van der Waals surface area contributed by atoms with Gasteiger partial charge >= 0.3 is 6.09 Å². The molecule has 0 N–H and O–H groups in total. The third-order valence-corrected chi connectivity index (χ3v) is 4.06. The van der Waals surface area contributed by atoms with Crippen molar-refractivity contribution in [1.82, 2.24) is 4.90 Å². The second-order valence-electron chi connectivity index (χ2n) is 6.10. The van der Waals surface area contributed by atoms with Gasteiger partial charge in [-0.05, 0) is 50.7 Å². The van der Waals surface area contributed by atoms with Crippen molar-refractivity contribution in [3.8, 4) is 0 Å². The maximum Gasteiger partial charge on any atom is 0.410 e. The quantitative estimate of drug-likeness (QED) is 0.717. The molecule has 1 saturated carbocycles. The number of likely N-dealkylation sites (tertiary alicyclic amines) is 1. The number of nitrogens with zero attached hydrogens (tertiary/aromatic N) is 1. The van der Waals surface area contributed by atoms with Crippen molar-refractivity contribution in [3.63, 3.8) is 0 Å². The number of hydrogen-bond acceptors (Lipinski definition) is 3. The van der Waals surface area contributed by atoms with Crippen molar-refractivity contribution in [2.24, 2.45) is 11.3 Å². The molecular weight excluding hydrogens is 222 g/mol. The molecule has 2 unspecified atom stereocenters. The molecule has 16 heavy (non-hydrogen) atoms. The van der Waals surface area contributed by atoms with Gasteiger partial charge in [0.15, 0.2) is 0 Å². The molecule has 1 amide bonds.